The quantitative estimate of drug-likeness (QED) is 0.727. The van der Waals surface area contributed by atoms with Crippen molar-refractivity contribution in [1.29, 1.82) is 0 Å². The van der Waals surface area contributed by atoms with Crippen molar-refractivity contribution in [2.24, 2.45) is 5.92 Å². The molecule has 0 saturated carbocycles. The van der Waals surface area contributed by atoms with Crippen molar-refractivity contribution in [3.63, 3.8) is 0 Å². The zero-order chi connectivity index (χ0) is 19.7. The lowest BCUT2D eigenvalue weighted by Gasteiger charge is -2.17. The van der Waals surface area contributed by atoms with E-state index in [0.29, 0.717) is 23.0 Å². The van der Waals surface area contributed by atoms with E-state index in [2.05, 4.69) is 15.5 Å². The maximum Gasteiger partial charge on any atom is 0.272 e. The molecule has 0 spiro atoms. The molecule has 2 aromatic carbocycles. The number of nitrogens with zero attached hydrogens (tertiary/aromatic N) is 2. The maximum atomic E-state index is 12.6. The van der Waals surface area contributed by atoms with Gasteiger partial charge >= 0.3 is 0 Å². The molecule has 2 amide bonds. The summed E-state index contributed by atoms with van der Waals surface area (Å²) in [7, 11) is 0. The molecule has 0 aliphatic carbocycles. The van der Waals surface area contributed by atoms with Gasteiger partial charge in [0.2, 0.25) is 11.8 Å². The second-order valence-corrected chi connectivity index (χ2v) is 7.01. The fraction of sp³-hybridized carbons (Fsp3) is 0.238. The SMILES string of the molecule is Cc1cccc(N2C[C@@H](C(=O)NCc3n[nH]c(=O)c4ccccc34)CC2=O)c1. The summed E-state index contributed by atoms with van der Waals surface area (Å²) in [6, 6.07) is 14.8. The van der Waals surface area contributed by atoms with E-state index in [4.69, 9.17) is 0 Å². The Hall–Kier alpha value is -3.48. The van der Waals surface area contributed by atoms with Crippen LogP contribution in [0.15, 0.2) is 53.3 Å². The number of anilines is 1. The number of aromatic amines is 1. The molecule has 0 bridgehead atoms. The Bertz CT molecular complexity index is 1120. The summed E-state index contributed by atoms with van der Waals surface area (Å²) in [5.74, 6) is -0.666. The van der Waals surface area contributed by atoms with E-state index >= 15 is 0 Å². The van der Waals surface area contributed by atoms with Crippen LogP contribution >= 0.6 is 0 Å². The number of aromatic nitrogens is 2. The van der Waals surface area contributed by atoms with Crippen molar-refractivity contribution in [3.05, 3.63) is 70.1 Å². The summed E-state index contributed by atoms with van der Waals surface area (Å²) in [6.07, 6.45) is 0.180. The molecule has 3 aromatic rings. The third-order valence-corrected chi connectivity index (χ3v) is 5.01. The van der Waals surface area contributed by atoms with E-state index in [1.807, 2.05) is 37.3 Å². The minimum Gasteiger partial charge on any atom is -0.350 e. The van der Waals surface area contributed by atoms with Gasteiger partial charge in [0.25, 0.3) is 5.56 Å². The second-order valence-electron chi connectivity index (χ2n) is 7.01. The van der Waals surface area contributed by atoms with E-state index in [1.54, 1.807) is 23.1 Å². The smallest absolute Gasteiger partial charge is 0.272 e. The number of amides is 2. The van der Waals surface area contributed by atoms with Gasteiger partial charge in [0.15, 0.2) is 0 Å². The summed E-state index contributed by atoms with van der Waals surface area (Å²) in [5.41, 5.74) is 2.20. The first-order valence-corrected chi connectivity index (χ1v) is 9.14. The number of rotatable bonds is 4. The highest BCUT2D eigenvalue weighted by Crippen LogP contribution is 2.26. The summed E-state index contributed by atoms with van der Waals surface area (Å²) in [6.45, 7) is 2.51. The Labute approximate surface area is 161 Å². The van der Waals surface area contributed by atoms with Gasteiger partial charge < -0.3 is 10.2 Å². The van der Waals surface area contributed by atoms with Gasteiger partial charge in [-0.1, -0.05) is 30.3 Å². The maximum absolute atomic E-state index is 12.6. The molecule has 1 aliphatic heterocycles. The first kappa shape index (κ1) is 17.9. The van der Waals surface area contributed by atoms with E-state index in [1.165, 1.54) is 0 Å². The molecule has 0 radical (unpaired) electrons. The normalized spacial score (nSPS) is 16.5. The number of benzene rings is 2. The largest absolute Gasteiger partial charge is 0.350 e. The molecule has 7 nitrogen and oxygen atoms in total. The first-order valence-electron chi connectivity index (χ1n) is 9.14. The molecule has 142 valence electrons. The molecule has 7 heteroatoms. The standard InChI is InChI=1S/C21H20N4O3/c1-13-5-4-6-15(9-13)25-12-14(10-19(25)26)20(27)22-11-18-16-7-2-3-8-17(16)21(28)24-23-18/h2-9,14H,10-12H2,1H3,(H,22,27)(H,24,28)/t14-/m0/s1. The highest BCUT2D eigenvalue weighted by Gasteiger charge is 2.35. The van der Waals surface area contributed by atoms with Crippen LogP contribution in [0.5, 0.6) is 0 Å². The molecule has 4 rings (SSSR count). The van der Waals surface area contributed by atoms with Crippen molar-refractivity contribution in [1.82, 2.24) is 15.5 Å². The van der Waals surface area contributed by atoms with Crippen LogP contribution in [0.1, 0.15) is 17.7 Å². The van der Waals surface area contributed by atoms with Crippen LogP contribution < -0.4 is 15.8 Å². The van der Waals surface area contributed by atoms with Gasteiger partial charge in [0, 0.05) is 24.0 Å². The van der Waals surface area contributed by atoms with Crippen LogP contribution in [-0.4, -0.2) is 28.6 Å². The molecule has 1 aliphatic rings. The van der Waals surface area contributed by atoms with E-state index < -0.39 is 5.92 Å². The minimum absolute atomic E-state index is 0.0571. The number of nitrogens with one attached hydrogen (secondary N) is 2. The van der Waals surface area contributed by atoms with Crippen molar-refractivity contribution >= 4 is 28.3 Å². The lowest BCUT2D eigenvalue weighted by molar-refractivity contribution is -0.126. The monoisotopic (exact) mass is 376 g/mol. The van der Waals surface area contributed by atoms with Crippen molar-refractivity contribution in [2.45, 2.75) is 19.9 Å². The van der Waals surface area contributed by atoms with Crippen molar-refractivity contribution in [3.8, 4) is 0 Å². The van der Waals surface area contributed by atoms with E-state index in [0.717, 1.165) is 11.3 Å². The fourth-order valence-corrected chi connectivity index (χ4v) is 3.55. The second kappa shape index (κ2) is 7.26. The summed E-state index contributed by atoms with van der Waals surface area (Å²) in [4.78, 5) is 38.5. The van der Waals surface area contributed by atoms with Crippen molar-refractivity contribution in [2.75, 3.05) is 11.4 Å². The number of fused-ring (bicyclic) bond motifs is 1. The van der Waals surface area contributed by atoms with E-state index in [-0.39, 0.29) is 30.3 Å². The molecule has 1 aromatic heterocycles. The number of aryl methyl sites for hydroxylation is 1. The Morgan fingerprint density at radius 1 is 1.18 bits per heavy atom. The predicted octanol–water partition coefficient (Wildman–Crippen LogP) is 1.90. The lowest BCUT2D eigenvalue weighted by atomic mass is 10.1. The summed E-state index contributed by atoms with van der Waals surface area (Å²) >= 11 is 0. The Kier molecular flexibility index (Phi) is 4.65. The van der Waals surface area contributed by atoms with Gasteiger partial charge in [0.1, 0.15) is 0 Å². The third-order valence-electron chi connectivity index (χ3n) is 5.01. The molecular weight excluding hydrogens is 356 g/mol. The van der Waals surface area contributed by atoms with Crippen molar-refractivity contribution < 1.29 is 9.59 Å². The van der Waals surface area contributed by atoms with Crippen LogP contribution in [0.4, 0.5) is 5.69 Å². The Balaban J connectivity index is 1.46. The summed E-state index contributed by atoms with van der Waals surface area (Å²) < 4.78 is 0. The molecule has 28 heavy (non-hydrogen) atoms. The molecule has 0 unspecified atom stereocenters. The fourth-order valence-electron chi connectivity index (χ4n) is 3.55. The topological polar surface area (TPSA) is 95.2 Å². The van der Waals surface area contributed by atoms with Crippen LogP contribution in [0.2, 0.25) is 0 Å². The molecule has 2 heterocycles. The highest BCUT2D eigenvalue weighted by molar-refractivity contribution is 6.00. The Morgan fingerprint density at radius 3 is 2.75 bits per heavy atom. The number of hydrogen-bond acceptors (Lipinski definition) is 4. The van der Waals surface area contributed by atoms with E-state index in [9.17, 15) is 14.4 Å². The first-order chi connectivity index (χ1) is 13.5. The van der Waals surface area contributed by atoms with Gasteiger partial charge in [0.05, 0.1) is 23.5 Å². The van der Waals surface area contributed by atoms with Gasteiger partial charge in [-0.25, -0.2) is 5.10 Å². The number of H-pyrrole nitrogens is 1. The molecule has 1 fully saturated rings. The number of carbonyl (C=O) groups is 2. The van der Waals surface area contributed by atoms with Crippen LogP contribution in [0.3, 0.4) is 0 Å². The average Bonchev–Trinajstić information content (AvgIpc) is 3.09. The Morgan fingerprint density at radius 2 is 1.96 bits per heavy atom. The summed E-state index contributed by atoms with van der Waals surface area (Å²) in [5, 5.41) is 10.6. The predicted molar refractivity (Wildman–Crippen MR) is 106 cm³/mol. The van der Waals surface area contributed by atoms with Crippen LogP contribution in [0, 0.1) is 12.8 Å². The zero-order valence-corrected chi connectivity index (χ0v) is 15.4. The van der Waals surface area contributed by atoms with Crippen LogP contribution in [0.25, 0.3) is 10.8 Å². The van der Waals surface area contributed by atoms with Gasteiger partial charge in [-0.15, -0.1) is 0 Å². The van der Waals surface area contributed by atoms with Crippen LogP contribution in [-0.2, 0) is 16.1 Å². The van der Waals surface area contributed by atoms with Gasteiger partial charge in [-0.2, -0.15) is 5.10 Å². The number of hydrogen-bond donors (Lipinski definition) is 2. The lowest BCUT2D eigenvalue weighted by Crippen LogP contribution is -2.33. The highest BCUT2D eigenvalue weighted by atomic mass is 16.2. The molecular formula is C21H20N4O3. The van der Waals surface area contributed by atoms with Gasteiger partial charge in [-0.3, -0.25) is 14.4 Å². The molecule has 2 N–H and O–H groups in total. The molecule has 1 atom stereocenters. The molecule has 1 saturated heterocycles. The third kappa shape index (κ3) is 3.38. The van der Waals surface area contributed by atoms with Gasteiger partial charge in [-0.05, 0) is 30.7 Å². The minimum atomic E-state index is -0.415. The number of carbonyl (C=O) groups excluding carboxylic acids is 2. The zero-order valence-electron chi connectivity index (χ0n) is 15.4. The average molecular weight is 376 g/mol.